The Labute approximate surface area is 138 Å². The van der Waals surface area contributed by atoms with Crippen molar-refractivity contribution in [2.24, 2.45) is 0 Å². The van der Waals surface area contributed by atoms with Gasteiger partial charge in [-0.2, -0.15) is 0 Å². The predicted molar refractivity (Wildman–Crippen MR) is 85.7 cm³/mol. The molecule has 0 fully saturated rings. The van der Waals surface area contributed by atoms with Crippen molar-refractivity contribution in [1.29, 1.82) is 0 Å². The molecule has 4 rings (SSSR count). The Bertz CT molecular complexity index is 701. The maximum atomic E-state index is 2.40. The zero-order valence-electron chi connectivity index (χ0n) is 12.4. The average Bonchev–Trinajstić information content (AvgIpc) is 2.97. The molecule has 0 radical (unpaired) electrons. The van der Waals surface area contributed by atoms with Crippen molar-refractivity contribution >= 4 is 12.2 Å². The first-order valence-electron chi connectivity index (χ1n) is 7.54. The summed E-state index contributed by atoms with van der Waals surface area (Å²) in [4.78, 5) is 0. The van der Waals surface area contributed by atoms with Crippen LogP contribution in [0.4, 0.5) is 0 Å². The van der Waals surface area contributed by atoms with Crippen LogP contribution in [0.3, 0.4) is 0 Å². The molecular weight excluding hydrogens is 331 g/mol. The summed E-state index contributed by atoms with van der Waals surface area (Å²) >= 11 is -0.616. The molecule has 0 aliphatic heterocycles. The Hall–Kier alpha value is -1.20. The average molecular weight is 350 g/mol. The monoisotopic (exact) mass is 348 g/mol. The van der Waals surface area contributed by atoms with E-state index in [1.54, 1.807) is 22.3 Å². The number of benzene rings is 2. The number of hydrogen-bond donors (Lipinski definition) is 0. The van der Waals surface area contributed by atoms with Crippen molar-refractivity contribution in [2.75, 3.05) is 0 Å². The van der Waals surface area contributed by atoms with E-state index < -0.39 is 23.2 Å². The van der Waals surface area contributed by atoms with Gasteiger partial charge in [-0.25, -0.2) is 0 Å². The zero-order chi connectivity index (χ0) is 14.4. The van der Waals surface area contributed by atoms with E-state index in [1.807, 2.05) is 0 Å². The molecule has 0 N–H and O–H groups in total. The van der Waals surface area contributed by atoms with Crippen LogP contribution in [0, 0.1) is 0 Å². The van der Waals surface area contributed by atoms with Gasteiger partial charge in [0, 0.05) is 0 Å². The molecule has 0 saturated carbocycles. The van der Waals surface area contributed by atoms with E-state index in [4.69, 9.17) is 0 Å². The van der Waals surface area contributed by atoms with Gasteiger partial charge in [0.2, 0.25) is 0 Å². The van der Waals surface area contributed by atoms with Gasteiger partial charge < -0.3 is 0 Å². The van der Waals surface area contributed by atoms with Crippen LogP contribution in [0.1, 0.15) is 43.4 Å². The molecule has 21 heavy (non-hydrogen) atoms. The summed E-state index contributed by atoms with van der Waals surface area (Å²) in [5.74, 6) is 0. The zero-order valence-corrected chi connectivity index (χ0v) is 14.9. The number of rotatable bonds is 2. The molecule has 0 spiro atoms. The van der Waals surface area contributed by atoms with Gasteiger partial charge in [0.15, 0.2) is 0 Å². The summed E-state index contributed by atoms with van der Waals surface area (Å²) in [5, 5.41) is 0. The van der Waals surface area contributed by atoms with Crippen molar-refractivity contribution in [3.8, 4) is 0 Å². The number of fused-ring (bicyclic) bond motifs is 2. The molecule has 0 amide bonds. The summed E-state index contributed by atoms with van der Waals surface area (Å²) in [7, 11) is 0. The Morgan fingerprint density at radius 3 is 1.57 bits per heavy atom. The minimum absolute atomic E-state index is 0.616. The fourth-order valence-electron chi connectivity index (χ4n) is 3.57. The van der Waals surface area contributed by atoms with Crippen molar-refractivity contribution in [3.05, 3.63) is 81.9 Å². The minimum atomic E-state index is -0.616. The van der Waals surface area contributed by atoms with Crippen molar-refractivity contribution < 1.29 is 23.2 Å². The quantitative estimate of drug-likeness (QED) is 0.682. The Morgan fingerprint density at radius 2 is 1.10 bits per heavy atom. The van der Waals surface area contributed by atoms with Crippen LogP contribution in [0.2, 0.25) is 0 Å². The first-order valence-corrected chi connectivity index (χ1v) is 10.4. The standard InChI is InChI=1S/2C10H9.Zr/c2*1-8-6-9-4-2-3-5-10(9)7-8;/h2*2-7H,1H3;. The van der Waals surface area contributed by atoms with E-state index in [0.717, 1.165) is 7.25 Å². The Kier molecular flexibility index (Phi) is 3.34. The van der Waals surface area contributed by atoms with E-state index in [-0.39, 0.29) is 0 Å². The van der Waals surface area contributed by atoms with E-state index in [2.05, 4.69) is 74.5 Å². The molecule has 0 bridgehead atoms. The molecule has 102 valence electrons. The van der Waals surface area contributed by atoms with Gasteiger partial charge in [-0.15, -0.1) is 0 Å². The van der Waals surface area contributed by atoms with Gasteiger partial charge in [-0.05, 0) is 0 Å². The second-order valence-corrected chi connectivity index (χ2v) is 9.72. The Balaban J connectivity index is 1.69. The van der Waals surface area contributed by atoms with Crippen LogP contribution in [-0.4, -0.2) is 0 Å². The molecule has 0 aromatic heterocycles. The third-order valence-electron chi connectivity index (χ3n) is 4.62. The molecule has 2 aliphatic rings. The van der Waals surface area contributed by atoms with Gasteiger partial charge in [-0.3, -0.25) is 0 Å². The van der Waals surface area contributed by atoms with Crippen LogP contribution in [0.15, 0.2) is 59.7 Å². The molecule has 2 aromatic carbocycles. The molecule has 2 aromatic rings. The molecule has 0 heterocycles. The molecule has 2 atom stereocenters. The third kappa shape index (κ3) is 2.23. The van der Waals surface area contributed by atoms with Crippen LogP contribution in [0.25, 0.3) is 12.2 Å². The van der Waals surface area contributed by atoms with Gasteiger partial charge in [0.05, 0.1) is 0 Å². The summed E-state index contributed by atoms with van der Waals surface area (Å²) in [6.07, 6.45) is 4.81. The van der Waals surface area contributed by atoms with Crippen LogP contribution >= 0.6 is 0 Å². The first kappa shape index (κ1) is 13.5. The SMILES string of the molecule is CC1=Cc2ccccc2[C@H]1[Zr][C@H]1C(C)=Cc2ccccc21. The number of allylic oxidation sites excluding steroid dienone is 2. The molecule has 0 saturated heterocycles. The summed E-state index contributed by atoms with van der Waals surface area (Å²) in [5.41, 5.74) is 9.24. The second-order valence-electron chi connectivity index (χ2n) is 6.07. The topological polar surface area (TPSA) is 0 Å². The van der Waals surface area contributed by atoms with Crippen molar-refractivity contribution in [3.63, 3.8) is 0 Å². The van der Waals surface area contributed by atoms with E-state index in [1.165, 1.54) is 11.1 Å². The maximum absolute atomic E-state index is 2.40. The second kappa shape index (κ2) is 5.22. The van der Waals surface area contributed by atoms with E-state index >= 15 is 0 Å². The summed E-state index contributed by atoms with van der Waals surface area (Å²) in [6.45, 7) is 4.65. The van der Waals surface area contributed by atoms with Crippen molar-refractivity contribution in [2.45, 2.75) is 21.1 Å². The summed E-state index contributed by atoms with van der Waals surface area (Å²) < 4.78 is 1.48. The van der Waals surface area contributed by atoms with Gasteiger partial charge in [0.25, 0.3) is 0 Å². The normalized spacial score (nSPS) is 22.4. The Morgan fingerprint density at radius 1 is 0.667 bits per heavy atom. The van der Waals surface area contributed by atoms with Crippen molar-refractivity contribution in [1.82, 2.24) is 0 Å². The van der Waals surface area contributed by atoms with E-state index in [9.17, 15) is 0 Å². The first-order chi connectivity index (χ1) is 10.2. The molecule has 1 heteroatoms. The van der Waals surface area contributed by atoms with Crippen LogP contribution < -0.4 is 0 Å². The summed E-state index contributed by atoms with van der Waals surface area (Å²) in [6, 6.07) is 17.9. The number of hydrogen-bond acceptors (Lipinski definition) is 0. The third-order valence-corrected chi connectivity index (χ3v) is 10.0. The molecular formula is C20H18Zr. The fraction of sp³-hybridized carbons (Fsp3) is 0.200. The molecule has 0 nitrogen and oxygen atoms in total. The van der Waals surface area contributed by atoms with Gasteiger partial charge >= 0.3 is 138 Å². The molecule has 0 unspecified atom stereocenters. The van der Waals surface area contributed by atoms with E-state index in [0.29, 0.717) is 0 Å². The molecule has 2 aliphatic carbocycles. The fourth-order valence-corrected chi connectivity index (χ4v) is 8.26. The van der Waals surface area contributed by atoms with Crippen LogP contribution in [0.5, 0.6) is 0 Å². The van der Waals surface area contributed by atoms with Gasteiger partial charge in [-0.1, -0.05) is 0 Å². The predicted octanol–water partition coefficient (Wildman–Crippen LogP) is 5.39. The van der Waals surface area contributed by atoms with Gasteiger partial charge in [0.1, 0.15) is 0 Å². The van der Waals surface area contributed by atoms with Crippen LogP contribution in [-0.2, 0) is 23.2 Å².